The number of hydrogen-bond donors (Lipinski definition) is 0. The Kier molecular flexibility index (Phi) is 3.73. The van der Waals surface area contributed by atoms with Crippen LogP contribution in [0.4, 0.5) is 0 Å². The molecule has 0 N–H and O–H groups in total. The molecule has 0 saturated heterocycles. The molecule has 1 unspecified atom stereocenters. The number of hydrogen-bond acceptors (Lipinski definition) is 4. The summed E-state index contributed by atoms with van der Waals surface area (Å²) in [6.45, 7) is 6.91. The first-order valence-electron chi connectivity index (χ1n) is 3.68. The molecule has 70 valence electrons. The zero-order chi connectivity index (χ0) is 9.78. The van der Waals surface area contributed by atoms with Crippen LogP contribution in [0, 0.1) is 5.41 Å². The van der Waals surface area contributed by atoms with Gasteiger partial charge in [0, 0.05) is 6.92 Å². The lowest BCUT2D eigenvalue weighted by molar-refractivity contribution is -0.183. The lowest BCUT2D eigenvalue weighted by Gasteiger charge is -2.19. The Hall–Kier alpha value is -1.06. The Morgan fingerprint density at radius 2 is 1.92 bits per heavy atom. The second kappa shape index (κ2) is 4.09. The molecule has 0 aromatic carbocycles. The van der Waals surface area contributed by atoms with E-state index in [2.05, 4.69) is 4.74 Å². The van der Waals surface area contributed by atoms with Crippen LogP contribution in [0.5, 0.6) is 0 Å². The number of rotatable bonds is 3. The standard InChI is InChI=1S/C8H14O4/c1-6(11-5-9)12-7(10)8(2,3)4/h5-6H,1-4H3. The Bertz CT molecular complexity index is 168. The fourth-order valence-electron chi connectivity index (χ4n) is 0.434. The van der Waals surface area contributed by atoms with Crippen LogP contribution in [-0.2, 0) is 19.1 Å². The van der Waals surface area contributed by atoms with Gasteiger partial charge in [-0.2, -0.15) is 0 Å². The van der Waals surface area contributed by atoms with Gasteiger partial charge in [0.15, 0.2) is 0 Å². The third kappa shape index (κ3) is 3.95. The monoisotopic (exact) mass is 174 g/mol. The molecular formula is C8H14O4. The first-order chi connectivity index (χ1) is 5.38. The van der Waals surface area contributed by atoms with Gasteiger partial charge in [-0.3, -0.25) is 9.59 Å². The molecule has 0 spiro atoms. The summed E-state index contributed by atoms with van der Waals surface area (Å²) in [5.41, 5.74) is -0.569. The zero-order valence-corrected chi connectivity index (χ0v) is 7.79. The summed E-state index contributed by atoms with van der Waals surface area (Å²) >= 11 is 0. The third-order valence-electron chi connectivity index (χ3n) is 1.13. The molecule has 0 aliphatic carbocycles. The topological polar surface area (TPSA) is 52.6 Å². The van der Waals surface area contributed by atoms with E-state index in [1.807, 2.05) is 0 Å². The smallest absolute Gasteiger partial charge is 0.314 e. The summed E-state index contributed by atoms with van der Waals surface area (Å²) in [4.78, 5) is 21.0. The normalized spacial score (nSPS) is 13.3. The second-order valence-corrected chi connectivity index (χ2v) is 3.46. The molecule has 0 heterocycles. The number of carbonyl (C=O) groups excluding carboxylic acids is 2. The van der Waals surface area contributed by atoms with Gasteiger partial charge in [-0.15, -0.1) is 0 Å². The van der Waals surface area contributed by atoms with Crippen molar-refractivity contribution in [3.8, 4) is 0 Å². The minimum atomic E-state index is -0.811. The Morgan fingerprint density at radius 1 is 1.42 bits per heavy atom. The van der Waals surface area contributed by atoms with Crippen LogP contribution in [0.1, 0.15) is 27.7 Å². The first kappa shape index (κ1) is 10.9. The molecule has 0 aromatic rings. The number of ether oxygens (including phenoxy) is 2. The molecule has 1 atom stereocenters. The number of esters is 1. The van der Waals surface area contributed by atoms with E-state index in [9.17, 15) is 9.59 Å². The predicted octanol–water partition coefficient (Wildman–Crippen LogP) is 1.09. The van der Waals surface area contributed by atoms with Gasteiger partial charge in [-0.25, -0.2) is 0 Å². The average molecular weight is 174 g/mol. The fraction of sp³-hybridized carbons (Fsp3) is 0.750. The first-order valence-corrected chi connectivity index (χ1v) is 3.68. The maximum absolute atomic E-state index is 11.1. The molecule has 0 aromatic heterocycles. The average Bonchev–Trinajstić information content (AvgIpc) is 1.85. The van der Waals surface area contributed by atoms with Crippen molar-refractivity contribution in [2.75, 3.05) is 0 Å². The summed E-state index contributed by atoms with van der Waals surface area (Å²) in [6.07, 6.45) is -0.811. The van der Waals surface area contributed by atoms with E-state index < -0.39 is 17.7 Å². The molecule has 0 saturated carbocycles. The van der Waals surface area contributed by atoms with Crippen LogP contribution in [-0.4, -0.2) is 18.7 Å². The SMILES string of the molecule is CC(OC=O)OC(=O)C(C)(C)C. The lowest BCUT2D eigenvalue weighted by Crippen LogP contribution is -2.27. The van der Waals surface area contributed by atoms with E-state index in [0.717, 1.165) is 0 Å². The van der Waals surface area contributed by atoms with E-state index in [-0.39, 0.29) is 6.47 Å². The van der Waals surface area contributed by atoms with E-state index in [0.29, 0.717) is 0 Å². The zero-order valence-electron chi connectivity index (χ0n) is 7.79. The van der Waals surface area contributed by atoms with Crippen molar-refractivity contribution in [3.63, 3.8) is 0 Å². The minimum Gasteiger partial charge on any atom is -0.428 e. The maximum Gasteiger partial charge on any atom is 0.314 e. The maximum atomic E-state index is 11.1. The molecule has 0 rings (SSSR count). The highest BCUT2D eigenvalue weighted by molar-refractivity contribution is 5.75. The Morgan fingerprint density at radius 3 is 2.25 bits per heavy atom. The number of carbonyl (C=O) groups is 2. The van der Waals surface area contributed by atoms with Crippen molar-refractivity contribution >= 4 is 12.4 Å². The van der Waals surface area contributed by atoms with Crippen molar-refractivity contribution in [1.29, 1.82) is 0 Å². The van der Waals surface area contributed by atoms with Gasteiger partial charge in [-0.1, -0.05) is 0 Å². The fourth-order valence-corrected chi connectivity index (χ4v) is 0.434. The molecular weight excluding hydrogens is 160 g/mol. The van der Waals surface area contributed by atoms with Crippen LogP contribution in [0.15, 0.2) is 0 Å². The summed E-state index contributed by atoms with van der Waals surface area (Å²) in [6, 6.07) is 0. The van der Waals surface area contributed by atoms with Crippen LogP contribution < -0.4 is 0 Å². The second-order valence-electron chi connectivity index (χ2n) is 3.46. The minimum absolute atomic E-state index is 0.251. The lowest BCUT2D eigenvalue weighted by atomic mass is 9.97. The molecule has 0 radical (unpaired) electrons. The quantitative estimate of drug-likeness (QED) is 0.365. The van der Waals surface area contributed by atoms with Gasteiger partial charge in [-0.05, 0) is 20.8 Å². The van der Waals surface area contributed by atoms with Crippen LogP contribution in [0.25, 0.3) is 0 Å². The molecule has 4 nitrogen and oxygen atoms in total. The van der Waals surface area contributed by atoms with Gasteiger partial charge >= 0.3 is 5.97 Å². The van der Waals surface area contributed by atoms with Crippen molar-refractivity contribution in [1.82, 2.24) is 0 Å². The van der Waals surface area contributed by atoms with Crippen LogP contribution >= 0.6 is 0 Å². The summed E-state index contributed by atoms with van der Waals surface area (Å²) in [5.74, 6) is -0.392. The van der Waals surface area contributed by atoms with Crippen molar-refractivity contribution in [3.05, 3.63) is 0 Å². The largest absolute Gasteiger partial charge is 0.428 e. The molecule has 0 aliphatic rings. The third-order valence-corrected chi connectivity index (χ3v) is 1.13. The Balaban J connectivity index is 3.92. The molecule has 0 bridgehead atoms. The van der Waals surface area contributed by atoms with Crippen molar-refractivity contribution in [2.45, 2.75) is 34.0 Å². The van der Waals surface area contributed by atoms with E-state index in [1.165, 1.54) is 6.92 Å². The highest BCUT2D eigenvalue weighted by Gasteiger charge is 2.25. The van der Waals surface area contributed by atoms with Crippen LogP contribution in [0.2, 0.25) is 0 Å². The highest BCUT2D eigenvalue weighted by atomic mass is 16.7. The summed E-state index contributed by atoms with van der Waals surface area (Å²) < 4.78 is 9.15. The molecule has 12 heavy (non-hydrogen) atoms. The van der Waals surface area contributed by atoms with Gasteiger partial charge in [0.2, 0.25) is 6.29 Å². The van der Waals surface area contributed by atoms with E-state index in [1.54, 1.807) is 20.8 Å². The molecule has 4 heteroatoms. The Labute approximate surface area is 71.8 Å². The van der Waals surface area contributed by atoms with Crippen molar-refractivity contribution in [2.24, 2.45) is 5.41 Å². The summed E-state index contributed by atoms with van der Waals surface area (Å²) in [5, 5.41) is 0. The van der Waals surface area contributed by atoms with Gasteiger partial charge in [0.25, 0.3) is 6.47 Å². The van der Waals surface area contributed by atoms with E-state index in [4.69, 9.17) is 4.74 Å². The summed E-state index contributed by atoms with van der Waals surface area (Å²) in [7, 11) is 0. The van der Waals surface area contributed by atoms with Gasteiger partial charge < -0.3 is 9.47 Å². The van der Waals surface area contributed by atoms with Gasteiger partial charge in [0.05, 0.1) is 5.41 Å². The van der Waals surface area contributed by atoms with Crippen LogP contribution in [0.3, 0.4) is 0 Å². The van der Waals surface area contributed by atoms with Gasteiger partial charge in [0.1, 0.15) is 0 Å². The molecule has 0 fully saturated rings. The highest BCUT2D eigenvalue weighted by Crippen LogP contribution is 2.16. The molecule has 0 amide bonds. The molecule has 0 aliphatic heterocycles. The predicted molar refractivity (Wildman–Crippen MR) is 42.2 cm³/mol. The van der Waals surface area contributed by atoms with E-state index >= 15 is 0 Å². The van der Waals surface area contributed by atoms with Crippen molar-refractivity contribution < 1.29 is 19.1 Å².